The van der Waals surface area contributed by atoms with Crippen LogP contribution in [0.4, 0.5) is 10.1 Å². The second-order valence-corrected chi connectivity index (χ2v) is 7.96. The molecule has 1 aromatic rings. The first-order valence-corrected chi connectivity index (χ1v) is 9.86. The van der Waals surface area contributed by atoms with E-state index in [1.165, 1.54) is 18.2 Å². The fourth-order valence-corrected chi connectivity index (χ4v) is 3.64. The summed E-state index contributed by atoms with van der Waals surface area (Å²) in [4.78, 5) is 25.7. The highest BCUT2D eigenvalue weighted by Crippen LogP contribution is 2.18. The molecule has 0 aromatic heterocycles. The highest BCUT2D eigenvalue weighted by atomic mass is 32.2. The third kappa shape index (κ3) is 5.15. The van der Waals surface area contributed by atoms with E-state index in [1.54, 1.807) is 4.90 Å². The predicted molar refractivity (Wildman–Crippen MR) is 92.0 cm³/mol. The number of nitrogens with one attached hydrogen (secondary N) is 1. The van der Waals surface area contributed by atoms with Crippen LogP contribution in [0.1, 0.15) is 19.8 Å². The number of carbonyl (C=O) groups is 2. The molecule has 1 heterocycles. The quantitative estimate of drug-likeness (QED) is 0.765. The van der Waals surface area contributed by atoms with E-state index in [2.05, 4.69) is 5.32 Å². The van der Waals surface area contributed by atoms with E-state index in [9.17, 15) is 22.4 Å². The summed E-state index contributed by atoms with van der Waals surface area (Å²) in [6.45, 7) is 2.53. The Bertz CT molecular complexity index is 754. The summed E-state index contributed by atoms with van der Waals surface area (Å²) in [5.74, 6) is -1.16. The Morgan fingerprint density at radius 1 is 1.44 bits per heavy atom. The molecule has 1 aromatic carbocycles. The highest BCUT2D eigenvalue weighted by molar-refractivity contribution is 7.92. The van der Waals surface area contributed by atoms with Crippen molar-refractivity contribution < 1.29 is 22.4 Å². The molecule has 1 N–H and O–H groups in total. The molecular weight excluding hydrogens is 349 g/mol. The number of carbonyl (C=O) groups excluding carboxylic acids is 2. The van der Waals surface area contributed by atoms with Crippen LogP contribution < -0.4 is 9.62 Å². The number of hydrogen-bond donors (Lipinski definition) is 1. The molecule has 1 aliphatic rings. The van der Waals surface area contributed by atoms with Crippen LogP contribution in [0.3, 0.4) is 0 Å². The van der Waals surface area contributed by atoms with E-state index < -0.39 is 28.3 Å². The van der Waals surface area contributed by atoms with Gasteiger partial charge in [0.1, 0.15) is 12.4 Å². The minimum Gasteiger partial charge on any atom is -0.349 e. The van der Waals surface area contributed by atoms with E-state index in [1.807, 2.05) is 6.92 Å². The zero-order chi connectivity index (χ0) is 18.6. The number of nitrogens with zero attached hydrogens (tertiary/aromatic N) is 2. The van der Waals surface area contributed by atoms with Gasteiger partial charge in [0.25, 0.3) is 0 Å². The molecule has 0 spiro atoms. The van der Waals surface area contributed by atoms with Crippen molar-refractivity contribution in [3.8, 4) is 0 Å². The van der Waals surface area contributed by atoms with Gasteiger partial charge in [-0.2, -0.15) is 0 Å². The lowest BCUT2D eigenvalue weighted by Crippen LogP contribution is -2.45. The first kappa shape index (κ1) is 19.2. The second-order valence-electron chi connectivity index (χ2n) is 6.06. The van der Waals surface area contributed by atoms with Crippen LogP contribution in [0.15, 0.2) is 24.3 Å². The zero-order valence-electron chi connectivity index (χ0n) is 14.2. The van der Waals surface area contributed by atoms with Gasteiger partial charge in [0.2, 0.25) is 21.8 Å². The van der Waals surface area contributed by atoms with Gasteiger partial charge in [-0.25, -0.2) is 12.8 Å². The zero-order valence-corrected chi connectivity index (χ0v) is 15.1. The fourth-order valence-electron chi connectivity index (χ4n) is 2.79. The summed E-state index contributed by atoms with van der Waals surface area (Å²) in [7, 11) is -3.77. The lowest BCUT2D eigenvalue weighted by molar-refractivity contribution is -0.127. The van der Waals surface area contributed by atoms with Gasteiger partial charge in [-0.05, 0) is 24.6 Å². The predicted octanol–water partition coefficient (Wildman–Crippen LogP) is 0.719. The van der Waals surface area contributed by atoms with Crippen molar-refractivity contribution in [2.45, 2.75) is 25.8 Å². The number of likely N-dealkylation sites (tertiary alicyclic amines) is 1. The van der Waals surface area contributed by atoms with E-state index in [-0.39, 0.29) is 24.1 Å². The van der Waals surface area contributed by atoms with Crippen molar-refractivity contribution in [1.29, 1.82) is 0 Å². The first-order chi connectivity index (χ1) is 11.7. The van der Waals surface area contributed by atoms with Crippen LogP contribution in [0.2, 0.25) is 0 Å². The number of anilines is 1. The highest BCUT2D eigenvalue weighted by Gasteiger charge is 2.31. The van der Waals surface area contributed by atoms with Crippen molar-refractivity contribution in [3.63, 3.8) is 0 Å². The molecule has 25 heavy (non-hydrogen) atoms. The Kier molecular flexibility index (Phi) is 5.99. The molecule has 1 saturated heterocycles. The van der Waals surface area contributed by atoms with Crippen LogP contribution in [0.5, 0.6) is 0 Å². The SMILES string of the molecule is CCCN1CC(NC(=O)CN(c2cccc(F)c2)S(C)(=O)=O)CC1=O. The van der Waals surface area contributed by atoms with Crippen molar-refractivity contribution in [2.75, 3.05) is 30.2 Å². The van der Waals surface area contributed by atoms with Gasteiger partial charge < -0.3 is 10.2 Å². The normalized spacial score (nSPS) is 17.6. The second kappa shape index (κ2) is 7.81. The number of amides is 2. The molecule has 138 valence electrons. The summed E-state index contributed by atoms with van der Waals surface area (Å²) in [6.07, 6.45) is 1.98. The van der Waals surface area contributed by atoms with Crippen molar-refractivity contribution >= 4 is 27.5 Å². The smallest absolute Gasteiger partial charge is 0.241 e. The molecule has 1 atom stereocenters. The maximum absolute atomic E-state index is 13.4. The molecule has 1 aliphatic heterocycles. The van der Waals surface area contributed by atoms with E-state index in [0.29, 0.717) is 13.1 Å². The lowest BCUT2D eigenvalue weighted by Gasteiger charge is -2.23. The topological polar surface area (TPSA) is 86.8 Å². The summed E-state index contributed by atoms with van der Waals surface area (Å²) in [5.41, 5.74) is 0.0766. The molecule has 0 bridgehead atoms. The van der Waals surface area contributed by atoms with Crippen LogP contribution in [-0.4, -0.2) is 57.1 Å². The van der Waals surface area contributed by atoms with E-state index in [0.717, 1.165) is 23.0 Å². The molecule has 0 saturated carbocycles. The Hall–Kier alpha value is -2.16. The molecule has 9 heteroatoms. The van der Waals surface area contributed by atoms with Crippen LogP contribution >= 0.6 is 0 Å². The average Bonchev–Trinajstić information content (AvgIpc) is 2.83. The molecule has 7 nitrogen and oxygen atoms in total. The van der Waals surface area contributed by atoms with Crippen LogP contribution in [0, 0.1) is 5.82 Å². The molecular formula is C16H22FN3O4S. The minimum absolute atomic E-state index is 0.0303. The van der Waals surface area contributed by atoms with E-state index >= 15 is 0 Å². The standard InChI is InChI=1S/C16H22FN3O4S/c1-3-7-19-10-13(9-16(19)22)18-15(21)11-20(25(2,23)24)14-6-4-5-12(17)8-14/h4-6,8,13H,3,7,9-11H2,1-2H3,(H,18,21). The van der Waals surface area contributed by atoms with Gasteiger partial charge in [0, 0.05) is 19.5 Å². The molecule has 1 fully saturated rings. The average molecular weight is 371 g/mol. The monoisotopic (exact) mass is 371 g/mol. The van der Waals surface area contributed by atoms with Crippen LogP contribution in [-0.2, 0) is 19.6 Å². The molecule has 0 radical (unpaired) electrons. The van der Waals surface area contributed by atoms with Crippen molar-refractivity contribution in [1.82, 2.24) is 10.2 Å². The van der Waals surface area contributed by atoms with E-state index in [4.69, 9.17) is 0 Å². The fraction of sp³-hybridized carbons (Fsp3) is 0.500. The molecule has 2 amide bonds. The summed E-state index contributed by atoms with van der Waals surface area (Å²) in [5, 5.41) is 2.68. The number of halogens is 1. The number of sulfonamides is 1. The van der Waals surface area contributed by atoms with Gasteiger partial charge >= 0.3 is 0 Å². The summed E-state index contributed by atoms with van der Waals surface area (Å²) in [6, 6.07) is 4.69. The van der Waals surface area contributed by atoms with Gasteiger partial charge in [-0.1, -0.05) is 13.0 Å². The maximum Gasteiger partial charge on any atom is 0.241 e. The third-order valence-corrected chi connectivity index (χ3v) is 5.00. The van der Waals surface area contributed by atoms with Crippen LogP contribution in [0.25, 0.3) is 0 Å². The Labute approximate surface area is 146 Å². The largest absolute Gasteiger partial charge is 0.349 e. The molecule has 0 aliphatic carbocycles. The number of hydrogen-bond acceptors (Lipinski definition) is 4. The minimum atomic E-state index is -3.77. The lowest BCUT2D eigenvalue weighted by atomic mass is 10.2. The number of benzene rings is 1. The van der Waals surface area contributed by atoms with Gasteiger partial charge in [0.15, 0.2) is 0 Å². The number of rotatable bonds is 7. The van der Waals surface area contributed by atoms with Gasteiger partial charge in [-0.15, -0.1) is 0 Å². The Morgan fingerprint density at radius 2 is 2.16 bits per heavy atom. The van der Waals surface area contributed by atoms with Crippen molar-refractivity contribution in [2.24, 2.45) is 0 Å². The summed E-state index contributed by atoms with van der Waals surface area (Å²) >= 11 is 0. The van der Waals surface area contributed by atoms with Crippen molar-refractivity contribution in [3.05, 3.63) is 30.1 Å². The van der Waals surface area contributed by atoms with Gasteiger partial charge in [0.05, 0.1) is 18.0 Å². The Balaban J connectivity index is 2.05. The first-order valence-electron chi connectivity index (χ1n) is 8.01. The summed E-state index contributed by atoms with van der Waals surface area (Å²) < 4.78 is 38.1. The maximum atomic E-state index is 13.4. The molecule has 2 rings (SSSR count). The molecule has 1 unspecified atom stereocenters. The Morgan fingerprint density at radius 3 is 2.76 bits per heavy atom. The third-order valence-electron chi connectivity index (χ3n) is 3.86. The van der Waals surface area contributed by atoms with Gasteiger partial charge in [-0.3, -0.25) is 13.9 Å².